The summed E-state index contributed by atoms with van der Waals surface area (Å²) in [4.78, 5) is 28.8. The van der Waals surface area contributed by atoms with E-state index in [-0.39, 0.29) is 24.8 Å². The lowest BCUT2D eigenvalue weighted by molar-refractivity contribution is -0.121. The van der Waals surface area contributed by atoms with Gasteiger partial charge in [-0.3, -0.25) is 9.36 Å². The zero-order valence-corrected chi connectivity index (χ0v) is 15.7. The molecule has 1 atom stereocenters. The van der Waals surface area contributed by atoms with E-state index in [0.717, 1.165) is 15.2 Å². The number of hydrogen-bond donors (Lipinski definition) is 1. The molecule has 0 fully saturated rings. The first kappa shape index (κ1) is 17.5. The first-order valence-electron chi connectivity index (χ1n) is 8.82. The summed E-state index contributed by atoms with van der Waals surface area (Å²) in [6.07, 6.45) is 0.218. The van der Waals surface area contributed by atoms with Crippen LogP contribution in [0.2, 0.25) is 0 Å². The van der Waals surface area contributed by atoms with Gasteiger partial charge in [0.25, 0.3) is 0 Å². The van der Waals surface area contributed by atoms with Crippen LogP contribution >= 0.6 is 11.3 Å². The van der Waals surface area contributed by atoms with E-state index in [4.69, 9.17) is 4.42 Å². The Balaban J connectivity index is 1.35. The van der Waals surface area contributed by atoms with Gasteiger partial charge in [0.15, 0.2) is 5.58 Å². The molecule has 138 valence electrons. The number of thiazole rings is 1. The van der Waals surface area contributed by atoms with Crippen LogP contribution in [0.4, 0.5) is 0 Å². The van der Waals surface area contributed by atoms with E-state index < -0.39 is 5.76 Å². The second-order valence-electron chi connectivity index (χ2n) is 6.46. The van der Waals surface area contributed by atoms with Gasteiger partial charge >= 0.3 is 5.76 Å². The second-order valence-corrected chi connectivity index (χ2v) is 7.52. The van der Waals surface area contributed by atoms with Gasteiger partial charge in [0.1, 0.15) is 0 Å². The first-order chi connectivity index (χ1) is 13.1. The zero-order valence-electron chi connectivity index (χ0n) is 14.8. The van der Waals surface area contributed by atoms with E-state index in [9.17, 15) is 9.59 Å². The number of fused-ring (bicyclic) bond motifs is 2. The molecule has 2 aromatic heterocycles. The van der Waals surface area contributed by atoms with Gasteiger partial charge in [0, 0.05) is 25.4 Å². The van der Waals surface area contributed by atoms with Crippen LogP contribution in [-0.2, 0) is 11.3 Å². The van der Waals surface area contributed by atoms with E-state index in [1.165, 1.54) is 4.57 Å². The van der Waals surface area contributed by atoms with Crippen LogP contribution in [0.5, 0.6) is 0 Å². The van der Waals surface area contributed by atoms with Crippen molar-refractivity contribution in [3.63, 3.8) is 0 Å². The number of rotatable bonds is 6. The molecule has 0 aliphatic carbocycles. The minimum atomic E-state index is -0.438. The number of oxazole rings is 1. The molecule has 4 aromatic rings. The maximum atomic E-state index is 12.2. The molecule has 6 nitrogen and oxygen atoms in total. The molecular formula is C20H19N3O3S. The summed E-state index contributed by atoms with van der Waals surface area (Å²) in [6, 6.07) is 15.2. The maximum Gasteiger partial charge on any atom is 0.419 e. The van der Waals surface area contributed by atoms with Gasteiger partial charge in [0.2, 0.25) is 5.91 Å². The number of benzene rings is 2. The van der Waals surface area contributed by atoms with E-state index in [1.54, 1.807) is 17.4 Å². The summed E-state index contributed by atoms with van der Waals surface area (Å²) in [5.74, 6) is -0.407. The number of nitrogens with zero attached hydrogens (tertiary/aromatic N) is 2. The summed E-state index contributed by atoms with van der Waals surface area (Å²) in [5, 5.41) is 3.94. The predicted octanol–water partition coefficient (Wildman–Crippen LogP) is 3.51. The molecule has 1 N–H and O–H groups in total. The maximum absolute atomic E-state index is 12.2. The Morgan fingerprint density at radius 3 is 2.85 bits per heavy atom. The summed E-state index contributed by atoms with van der Waals surface area (Å²) < 4.78 is 7.83. The molecule has 1 amide bonds. The largest absolute Gasteiger partial charge is 0.419 e. The van der Waals surface area contributed by atoms with E-state index in [1.807, 2.05) is 43.3 Å². The lowest BCUT2D eigenvalue weighted by Gasteiger charge is -2.10. The van der Waals surface area contributed by atoms with E-state index >= 15 is 0 Å². The number of carbonyl (C=O) groups excluding carboxylic acids is 1. The molecule has 0 saturated heterocycles. The number of carbonyl (C=O) groups is 1. The highest BCUT2D eigenvalue weighted by Gasteiger charge is 2.14. The van der Waals surface area contributed by atoms with Crippen molar-refractivity contribution < 1.29 is 9.21 Å². The van der Waals surface area contributed by atoms with Crippen LogP contribution in [-0.4, -0.2) is 22.0 Å². The number of nitrogens with one attached hydrogen (secondary N) is 1. The number of para-hydroxylation sites is 3. The minimum absolute atomic E-state index is 0.0971. The fourth-order valence-electron chi connectivity index (χ4n) is 2.98. The second kappa shape index (κ2) is 7.36. The van der Waals surface area contributed by atoms with Gasteiger partial charge in [-0.2, -0.15) is 0 Å². The monoisotopic (exact) mass is 381 g/mol. The number of amides is 1. The Morgan fingerprint density at radius 1 is 1.22 bits per heavy atom. The SMILES string of the molecule is CC(CNC(=O)CCn1c(=O)oc2ccccc21)c1nc2ccccc2s1. The van der Waals surface area contributed by atoms with E-state index in [0.29, 0.717) is 17.6 Å². The summed E-state index contributed by atoms with van der Waals surface area (Å²) >= 11 is 1.65. The Hall–Kier alpha value is -2.93. The van der Waals surface area contributed by atoms with Crippen molar-refractivity contribution in [2.24, 2.45) is 0 Å². The van der Waals surface area contributed by atoms with Crippen molar-refractivity contribution in [1.82, 2.24) is 14.9 Å². The van der Waals surface area contributed by atoms with Crippen LogP contribution < -0.4 is 11.1 Å². The molecule has 7 heteroatoms. The molecule has 0 aliphatic heterocycles. The van der Waals surface area contributed by atoms with Gasteiger partial charge in [0.05, 0.1) is 20.7 Å². The van der Waals surface area contributed by atoms with Crippen molar-refractivity contribution in [2.45, 2.75) is 25.8 Å². The van der Waals surface area contributed by atoms with Crippen molar-refractivity contribution in [1.29, 1.82) is 0 Å². The van der Waals surface area contributed by atoms with Crippen LogP contribution in [0, 0.1) is 0 Å². The van der Waals surface area contributed by atoms with Crippen LogP contribution in [0.3, 0.4) is 0 Å². The molecule has 0 spiro atoms. The standard InChI is InChI=1S/C20H19N3O3S/c1-13(19-22-14-6-2-5-9-17(14)27-19)12-21-18(24)10-11-23-15-7-3-4-8-16(15)26-20(23)25/h2-9,13H,10-12H2,1H3,(H,21,24). The smallest absolute Gasteiger partial charge is 0.408 e. The fourth-order valence-corrected chi connectivity index (χ4v) is 4.00. The molecule has 1 unspecified atom stereocenters. The fraction of sp³-hybridized carbons (Fsp3) is 0.250. The first-order valence-corrected chi connectivity index (χ1v) is 9.64. The Bertz CT molecular complexity index is 1120. The van der Waals surface area contributed by atoms with Gasteiger partial charge < -0.3 is 9.73 Å². The molecule has 27 heavy (non-hydrogen) atoms. The van der Waals surface area contributed by atoms with Crippen molar-refractivity contribution in [2.75, 3.05) is 6.54 Å². The Kier molecular flexibility index (Phi) is 4.77. The van der Waals surface area contributed by atoms with Crippen molar-refractivity contribution in [3.05, 3.63) is 64.1 Å². The molecular weight excluding hydrogens is 362 g/mol. The third-order valence-electron chi connectivity index (χ3n) is 4.47. The van der Waals surface area contributed by atoms with Crippen molar-refractivity contribution >= 4 is 38.6 Å². The lowest BCUT2D eigenvalue weighted by atomic mass is 10.2. The third-order valence-corrected chi connectivity index (χ3v) is 5.74. The average Bonchev–Trinajstić information content (AvgIpc) is 3.24. The molecule has 2 aromatic carbocycles. The zero-order chi connectivity index (χ0) is 18.8. The quantitative estimate of drug-likeness (QED) is 0.554. The van der Waals surface area contributed by atoms with Crippen LogP contribution in [0.1, 0.15) is 24.3 Å². The number of hydrogen-bond acceptors (Lipinski definition) is 5. The lowest BCUT2D eigenvalue weighted by Crippen LogP contribution is -2.29. The topological polar surface area (TPSA) is 77.1 Å². The third kappa shape index (κ3) is 3.64. The highest BCUT2D eigenvalue weighted by molar-refractivity contribution is 7.18. The van der Waals surface area contributed by atoms with Gasteiger partial charge in [-0.05, 0) is 24.3 Å². The summed E-state index contributed by atoms with van der Waals surface area (Å²) in [7, 11) is 0. The summed E-state index contributed by atoms with van der Waals surface area (Å²) in [5.41, 5.74) is 2.23. The Labute approximate surface area is 159 Å². The molecule has 0 saturated carbocycles. The molecule has 4 rings (SSSR count). The predicted molar refractivity (Wildman–Crippen MR) is 106 cm³/mol. The van der Waals surface area contributed by atoms with Gasteiger partial charge in [-0.15, -0.1) is 11.3 Å². The van der Waals surface area contributed by atoms with Crippen LogP contribution in [0.25, 0.3) is 21.3 Å². The van der Waals surface area contributed by atoms with Crippen LogP contribution in [0.15, 0.2) is 57.7 Å². The average molecular weight is 381 g/mol. The van der Waals surface area contributed by atoms with Gasteiger partial charge in [-0.25, -0.2) is 9.78 Å². The highest BCUT2D eigenvalue weighted by Crippen LogP contribution is 2.26. The molecule has 0 bridgehead atoms. The normalized spacial score (nSPS) is 12.5. The molecule has 0 aliphatic rings. The highest BCUT2D eigenvalue weighted by atomic mass is 32.1. The molecule has 0 radical (unpaired) electrons. The number of aromatic nitrogens is 2. The van der Waals surface area contributed by atoms with Crippen molar-refractivity contribution in [3.8, 4) is 0 Å². The Morgan fingerprint density at radius 2 is 2.00 bits per heavy atom. The minimum Gasteiger partial charge on any atom is -0.408 e. The van der Waals surface area contributed by atoms with E-state index in [2.05, 4.69) is 16.4 Å². The number of aryl methyl sites for hydroxylation is 1. The summed E-state index contributed by atoms with van der Waals surface area (Å²) in [6.45, 7) is 2.85. The van der Waals surface area contributed by atoms with Gasteiger partial charge in [-0.1, -0.05) is 31.2 Å². The molecule has 2 heterocycles.